The minimum absolute atomic E-state index is 0. The fourth-order valence-corrected chi connectivity index (χ4v) is 5.25. The predicted molar refractivity (Wildman–Crippen MR) is 136 cm³/mol. The zero-order chi connectivity index (χ0) is 28.3. The molecule has 1 saturated heterocycles. The smallest absolute Gasteiger partial charge is 0.417 e. The number of aromatic amines is 1. The van der Waals surface area contributed by atoms with Crippen molar-refractivity contribution in [3.05, 3.63) is 71.1 Å². The van der Waals surface area contributed by atoms with Gasteiger partial charge in [-0.25, -0.2) is 4.39 Å². The Hall–Kier alpha value is -3.71. The van der Waals surface area contributed by atoms with Crippen LogP contribution in [0.3, 0.4) is 0 Å². The SMILES string of the molecule is COc1c([C@H]2[C@H](C(=O)Nc3ccc4c(c3)CN(c3cn[nH]c3)C4=O)O[C@@](C)(C(F)(F)F)[C@H]2C)ccc(F)c1F.Cl. The molecule has 3 aromatic rings. The highest BCUT2D eigenvalue weighted by Crippen LogP contribution is 2.55. The van der Waals surface area contributed by atoms with Crippen molar-refractivity contribution in [3.63, 3.8) is 0 Å². The van der Waals surface area contributed by atoms with Gasteiger partial charge in [-0.3, -0.25) is 14.7 Å². The summed E-state index contributed by atoms with van der Waals surface area (Å²) in [5.41, 5.74) is -1.16. The maximum atomic E-state index is 14.5. The van der Waals surface area contributed by atoms with Crippen LogP contribution in [-0.4, -0.2) is 47.0 Å². The standard InChI is InChI=1S/C26H23F5N4O4.ClH/c1-12-19(17-6-7-18(27)20(28)21(17)38-3)22(39-25(12,2)26(29,30)31)23(36)34-14-4-5-16-13(8-14)11-35(24(16)37)15-9-32-33-10-15;/h4-10,12,19,22H,11H2,1-3H3,(H,32,33)(H,34,36);1H/t12-,19-,22+,25+;/m0./s1. The van der Waals surface area contributed by atoms with Gasteiger partial charge >= 0.3 is 6.18 Å². The molecule has 1 fully saturated rings. The molecule has 0 radical (unpaired) electrons. The van der Waals surface area contributed by atoms with E-state index in [4.69, 9.17) is 9.47 Å². The number of ether oxygens (including phenoxy) is 2. The van der Waals surface area contributed by atoms with E-state index in [2.05, 4.69) is 15.5 Å². The number of H-pyrrole nitrogens is 1. The van der Waals surface area contributed by atoms with E-state index in [1.807, 2.05) is 0 Å². The van der Waals surface area contributed by atoms with E-state index in [0.717, 1.165) is 26.2 Å². The van der Waals surface area contributed by atoms with Crippen LogP contribution < -0.4 is 15.0 Å². The summed E-state index contributed by atoms with van der Waals surface area (Å²) in [5.74, 6) is -7.16. The van der Waals surface area contributed by atoms with Crippen LogP contribution >= 0.6 is 12.4 Å². The van der Waals surface area contributed by atoms with Crippen molar-refractivity contribution < 1.29 is 41.0 Å². The van der Waals surface area contributed by atoms with Crippen LogP contribution in [0.2, 0.25) is 0 Å². The third-order valence-electron chi connectivity index (χ3n) is 7.54. The normalized spacial score (nSPS) is 24.1. The lowest BCUT2D eigenvalue weighted by Crippen LogP contribution is -2.47. The van der Waals surface area contributed by atoms with Crippen LogP contribution in [0, 0.1) is 17.6 Å². The molecule has 5 rings (SSSR count). The predicted octanol–water partition coefficient (Wildman–Crippen LogP) is 5.36. The number of nitrogens with one attached hydrogen (secondary N) is 2. The first-order valence-electron chi connectivity index (χ1n) is 11.9. The number of carbonyl (C=O) groups excluding carboxylic acids is 2. The van der Waals surface area contributed by atoms with Crippen LogP contribution in [0.4, 0.5) is 33.3 Å². The molecular formula is C26H24ClF5N4O4. The molecule has 0 bridgehead atoms. The second kappa shape index (κ2) is 10.4. The number of methoxy groups -OCH3 is 1. The molecular weight excluding hydrogens is 563 g/mol. The van der Waals surface area contributed by atoms with E-state index in [0.29, 0.717) is 16.8 Å². The molecule has 2 N–H and O–H groups in total. The molecule has 3 heterocycles. The first kappa shape index (κ1) is 29.3. The molecule has 0 spiro atoms. The Morgan fingerprint density at radius 3 is 2.60 bits per heavy atom. The number of anilines is 2. The van der Waals surface area contributed by atoms with Gasteiger partial charge < -0.3 is 19.7 Å². The van der Waals surface area contributed by atoms with Gasteiger partial charge in [0, 0.05) is 34.8 Å². The number of aromatic nitrogens is 2. The molecule has 8 nitrogen and oxygen atoms in total. The van der Waals surface area contributed by atoms with Crippen LogP contribution in [0.15, 0.2) is 42.7 Å². The number of benzene rings is 2. The molecule has 2 aliphatic rings. The average molecular weight is 587 g/mol. The number of amides is 2. The van der Waals surface area contributed by atoms with Crippen molar-refractivity contribution in [3.8, 4) is 5.75 Å². The van der Waals surface area contributed by atoms with Gasteiger partial charge in [0.2, 0.25) is 5.82 Å². The number of carbonyl (C=O) groups is 2. The third-order valence-corrected chi connectivity index (χ3v) is 7.54. The first-order chi connectivity index (χ1) is 18.4. The molecule has 2 aliphatic heterocycles. The van der Waals surface area contributed by atoms with E-state index in [9.17, 15) is 31.5 Å². The van der Waals surface area contributed by atoms with Gasteiger partial charge in [0.25, 0.3) is 11.8 Å². The van der Waals surface area contributed by atoms with Gasteiger partial charge in [0.1, 0.15) is 6.10 Å². The molecule has 40 heavy (non-hydrogen) atoms. The molecule has 2 aromatic carbocycles. The van der Waals surface area contributed by atoms with Crippen LogP contribution in [-0.2, 0) is 16.1 Å². The summed E-state index contributed by atoms with van der Waals surface area (Å²) in [6, 6.07) is 6.35. The number of fused-ring (bicyclic) bond motifs is 1. The number of hydrogen-bond donors (Lipinski definition) is 2. The Balaban J connectivity index is 0.00000370. The van der Waals surface area contributed by atoms with Gasteiger partial charge in [-0.2, -0.15) is 22.7 Å². The third kappa shape index (κ3) is 4.56. The minimum atomic E-state index is -4.88. The van der Waals surface area contributed by atoms with E-state index >= 15 is 0 Å². The quantitative estimate of drug-likeness (QED) is 0.393. The number of halogens is 6. The van der Waals surface area contributed by atoms with Crippen LogP contribution in [0.1, 0.15) is 41.3 Å². The Morgan fingerprint density at radius 1 is 1.25 bits per heavy atom. The second-order valence-electron chi connectivity index (χ2n) is 9.65. The molecule has 214 valence electrons. The van der Waals surface area contributed by atoms with Gasteiger partial charge in [-0.05, 0) is 36.8 Å². The second-order valence-corrected chi connectivity index (χ2v) is 9.65. The van der Waals surface area contributed by atoms with E-state index < -0.39 is 53.0 Å². The molecule has 0 unspecified atom stereocenters. The lowest BCUT2D eigenvalue weighted by atomic mass is 9.77. The number of nitrogens with zero attached hydrogens (tertiary/aromatic N) is 2. The summed E-state index contributed by atoms with van der Waals surface area (Å²) in [7, 11) is 1.05. The first-order valence-corrected chi connectivity index (χ1v) is 11.9. The summed E-state index contributed by atoms with van der Waals surface area (Å²) in [6.45, 7) is 2.24. The Labute approximate surface area is 231 Å². The zero-order valence-electron chi connectivity index (χ0n) is 21.3. The molecule has 14 heteroatoms. The molecule has 0 aliphatic carbocycles. The topological polar surface area (TPSA) is 96.5 Å². The highest BCUT2D eigenvalue weighted by Gasteiger charge is 2.66. The number of rotatable bonds is 5. The lowest BCUT2D eigenvalue weighted by molar-refractivity contribution is -0.272. The largest absolute Gasteiger partial charge is 0.493 e. The highest BCUT2D eigenvalue weighted by atomic mass is 35.5. The number of hydrogen-bond acceptors (Lipinski definition) is 5. The highest BCUT2D eigenvalue weighted by molar-refractivity contribution is 6.10. The molecule has 0 saturated carbocycles. The van der Waals surface area contributed by atoms with Crippen molar-refractivity contribution in [2.24, 2.45) is 5.92 Å². The maximum Gasteiger partial charge on any atom is 0.417 e. The summed E-state index contributed by atoms with van der Waals surface area (Å²) in [5, 5.41) is 9.02. The van der Waals surface area contributed by atoms with Crippen molar-refractivity contribution in [2.75, 3.05) is 17.3 Å². The molecule has 1 aromatic heterocycles. The van der Waals surface area contributed by atoms with Crippen LogP contribution in [0.25, 0.3) is 0 Å². The van der Waals surface area contributed by atoms with Gasteiger partial charge in [0.15, 0.2) is 17.2 Å². The van der Waals surface area contributed by atoms with E-state index in [-0.39, 0.29) is 36.1 Å². The van der Waals surface area contributed by atoms with Crippen molar-refractivity contribution >= 4 is 35.6 Å². The van der Waals surface area contributed by atoms with Crippen molar-refractivity contribution in [1.29, 1.82) is 0 Å². The summed E-state index contributed by atoms with van der Waals surface area (Å²) < 4.78 is 81.3. The molecule has 2 amide bonds. The molecule has 4 atom stereocenters. The Bertz CT molecular complexity index is 1450. The van der Waals surface area contributed by atoms with Crippen molar-refractivity contribution in [1.82, 2.24) is 10.2 Å². The maximum absolute atomic E-state index is 14.5. The number of alkyl halides is 3. The zero-order valence-corrected chi connectivity index (χ0v) is 22.1. The minimum Gasteiger partial charge on any atom is -0.493 e. The summed E-state index contributed by atoms with van der Waals surface area (Å²) in [6.07, 6.45) is -3.58. The van der Waals surface area contributed by atoms with Gasteiger partial charge in [0.05, 0.1) is 25.5 Å². The lowest BCUT2D eigenvalue weighted by Gasteiger charge is -2.32. The monoisotopic (exact) mass is 586 g/mol. The Kier molecular flexibility index (Phi) is 7.58. The summed E-state index contributed by atoms with van der Waals surface area (Å²) >= 11 is 0. The van der Waals surface area contributed by atoms with Gasteiger partial charge in [-0.1, -0.05) is 13.0 Å². The van der Waals surface area contributed by atoms with E-state index in [1.54, 1.807) is 12.3 Å². The van der Waals surface area contributed by atoms with Crippen molar-refractivity contribution in [2.45, 2.75) is 44.2 Å². The Morgan fingerprint density at radius 2 is 1.98 bits per heavy atom. The fourth-order valence-electron chi connectivity index (χ4n) is 5.25. The average Bonchev–Trinajstić information content (AvgIpc) is 3.59. The summed E-state index contributed by atoms with van der Waals surface area (Å²) in [4.78, 5) is 27.7. The fraction of sp³-hybridized carbons (Fsp3) is 0.346. The van der Waals surface area contributed by atoms with E-state index in [1.165, 1.54) is 30.2 Å². The van der Waals surface area contributed by atoms with Crippen LogP contribution in [0.5, 0.6) is 5.75 Å². The van der Waals surface area contributed by atoms with Gasteiger partial charge in [-0.15, -0.1) is 12.4 Å².